The number of aryl methyl sites for hydroxylation is 1. The maximum absolute atomic E-state index is 12.7. The van der Waals surface area contributed by atoms with Crippen molar-refractivity contribution in [1.29, 1.82) is 0 Å². The number of carbonyl (C=O) groups is 1. The first kappa shape index (κ1) is 17.7. The highest BCUT2D eigenvalue weighted by atomic mass is 32.2. The minimum Gasteiger partial charge on any atom is -0.459 e. The number of hydrogen-bond acceptors (Lipinski definition) is 4. The predicted molar refractivity (Wildman–Crippen MR) is 93.8 cm³/mol. The van der Waals surface area contributed by atoms with Crippen molar-refractivity contribution in [2.24, 2.45) is 0 Å². The van der Waals surface area contributed by atoms with Gasteiger partial charge in [0.25, 0.3) is 5.91 Å². The molecule has 0 unspecified atom stereocenters. The van der Waals surface area contributed by atoms with Crippen molar-refractivity contribution < 1.29 is 17.6 Å². The quantitative estimate of drug-likeness (QED) is 0.886. The average Bonchev–Trinajstić information content (AvgIpc) is 3.17. The Kier molecular flexibility index (Phi) is 5.24. The second kappa shape index (κ2) is 7.41. The highest BCUT2D eigenvalue weighted by Gasteiger charge is 2.30. The van der Waals surface area contributed by atoms with Gasteiger partial charge in [-0.1, -0.05) is 19.1 Å². The molecule has 25 heavy (non-hydrogen) atoms. The van der Waals surface area contributed by atoms with Crippen LogP contribution in [-0.4, -0.2) is 37.8 Å². The van der Waals surface area contributed by atoms with Crippen LogP contribution in [0.5, 0.6) is 0 Å². The number of nitrogens with zero attached hydrogens (tertiary/aromatic N) is 1. The largest absolute Gasteiger partial charge is 0.459 e. The van der Waals surface area contributed by atoms with E-state index in [1.807, 2.05) is 19.1 Å². The van der Waals surface area contributed by atoms with Gasteiger partial charge in [0.05, 0.1) is 11.2 Å². The van der Waals surface area contributed by atoms with E-state index in [0.717, 1.165) is 12.0 Å². The molecule has 2 heterocycles. The lowest BCUT2D eigenvalue weighted by molar-refractivity contribution is 0.0895. The molecule has 1 aliphatic heterocycles. The molecule has 1 saturated heterocycles. The standard InChI is InChI=1S/C18H22N2O4S/c1-2-14-5-7-16(8-6-14)25(22,23)20-11-9-15(10-12-20)19-18(21)17-4-3-13-24-17/h3-8,13,15H,2,9-12H2,1H3,(H,19,21). The molecule has 1 N–H and O–H groups in total. The van der Waals surface area contributed by atoms with Gasteiger partial charge in [0.1, 0.15) is 0 Å². The molecule has 1 aromatic heterocycles. The summed E-state index contributed by atoms with van der Waals surface area (Å²) in [6, 6.07) is 10.2. The van der Waals surface area contributed by atoms with Crippen molar-refractivity contribution in [1.82, 2.24) is 9.62 Å². The summed E-state index contributed by atoms with van der Waals surface area (Å²) in [5.74, 6) is 0.00697. The van der Waals surface area contributed by atoms with E-state index in [-0.39, 0.29) is 17.7 Å². The minimum atomic E-state index is -3.48. The first-order valence-electron chi connectivity index (χ1n) is 8.44. The Bertz CT molecular complexity index is 805. The predicted octanol–water partition coefficient (Wildman–Crippen LogP) is 2.43. The van der Waals surface area contributed by atoms with E-state index >= 15 is 0 Å². The van der Waals surface area contributed by atoms with Crippen LogP contribution < -0.4 is 5.32 Å². The van der Waals surface area contributed by atoms with Crippen LogP contribution in [0.1, 0.15) is 35.9 Å². The number of piperidine rings is 1. The van der Waals surface area contributed by atoms with Gasteiger partial charge in [0, 0.05) is 19.1 Å². The van der Waals surface area contributed by atoms with Crippen molar-refractivity contribution in [3.63, 3.8) is 0 Å². The topological polar surface area (TPSA) is 79.6 Å². The molecular formula is C18H22N2O4S. The zero-order valence-electron chi connectivity index (χ0n) is 14.1. The summed E-state index contributed by atoms with van der Waals surface area (Å²) >= 11 is 0. The second-order valence-electron chi connectivity index (χ2n) is 6.13. The number of amides is 1. The van der Waals surface area contributed by atoms with Crippen LogP contribution in [0.2, 0.25) is 0 Å². The van der Waals surface area contributed by atoms with Crippen LogP contribution in [0.15, 0.2) is 52.0 Å². The molecule has 6 nitrogen and oxygen atoms in total. The van der Waals surface area contributed by atoms with E-state index in [1.165, 1.54) is 10.6 Å². The Morgan fingerprint density at radius 2 is 1.88 bits per heavy atom. The third-order valence-electron chi connectivity index (χ3n) is 4.50. The van der Waals surface area contributed by atoms with E-state index in [1.54, 1.807) is 24.3 Å². The van der Waals surface area contributed by atoms with Crippen LogP contribution in [0.3, 0.4) is 0 Å². The summed E-state index contributed by atoms with van der Waals surface area (Å²) in [7, 11) is -3.48. The zero-order chi connectivity index (χ0) is 17.9. The Morgan fingerprint density at radius 1 is 1.20 bits per heavy atom. The summed E-state index contributed by atoms with van der Waals surface area (Å²) in [5.41, 5.74) is 1.11. The molecule has 0 saturated carbocycles. The normalized spacial score (nSPS) is 16.7. The number of hydrogen-bond donors (Lipinski definition) is 1. The van der Waals surface area contributed by atoms with Crippen molar-refractivity contribution >= 4 is 15.9 Å². The zero-order valence-corrected chi connectivity index (χ0v) is 15.0. The first-order chi connectivity index (χ1) is 12.0. The molecule has 1 aliphatic rings. The second-order valence-corrected chi connectivity index (χ2v) is 8.06. The van der Waals surface area contributed by atoms with Crippen molar-refractivity contribution in [3.05, 3.63) is 54.0 Å². The molecule has 0 bridgehead atoms. The highest BCUT2D eigenvalue weighted by molar-refractivity contribution is 7.89. The van der Waals surface area contributed by atoms with Gasteiger partial charge in [-0.3, -0.25) is 4.79 Å². The number of rotatable bonds is 5. The van der Waals surface area contributed by atoms with Crippen LogP contribution >= 0.6 is 0 Å². The number of nitrogens with one attached hydrogen (secondary N) is 1. The molecule has 1 fully saturated rings. The maximum Gasteiger partial charge on any atom is 0.287 e. The van der Waals surface area contributed by atoms with E-state index in [4.69, 9.17) is 4.42 Å². The lowest BCUT2D eigenvalue weighted by Crippen LogP contribution is -2.46. The Balaban J connectivity index is 1.60. The van der Waals surface area contributed by atoms with Gasteiger partial charge >= 0.3 is 0 Å². The first-order valence-corrected chi connectivity index (χ1v) is 9.88. The number of benzene rings is 1. The van der Waals surface area contributed by atoms with Crippen molar-refractivity contribution in [2.75, 3.05) is 13.1 Å². The highest BCUT2D eigenvalue weighted by Crippen LogP contribution is 2.21. The molecule has 0 atom stereocenters. The molecular weight excluding hydrogens is 340 g/mol. The van der Waals surface area contributed by atoms with Gasteiger partial charge < -0.3 is 9.73 Å². The fourth-order valence-electron chi connectivity index (χ4n) is 2.95. The van der Waals surface area contributed by atoms with Crippen LogP contribution in [-0.2, 0) is 16.4 Å². The van der Waals surface area contributed by atoms with Gasteiger partial charge in [0.2, 0.25) is 10.0 Å². The average molecular weight is 362 g/mol. The smallest absolute Gasteiger partial charge is 0.287 e. The maximum atomic E-state index is 12.7. The van der Waals surface area contributed by atoms with Gasteiger partial charge in [0.15, 0.2) is 5.76 Å². The third-order valence-corrected chi connectivity index (χ3v) is 6.42. The van der Waals surface area contributed by atoms with Gasteiger partial charge in [-0.2, -0.15) is 4.31 Å². The Labute approximate surface area is 147 Å². The summed E-state index contributed by atoms with van der Waals surface area (Å²) in [5, 5.41) is 2.89. The molecule has 2 aromatic rings. The van der Waals surface area contributed by atoms with Gasteiger partial charge in [-0.25, -0.2) is 8.42 Å². The SMILES string of the molecule is CCc1ccc(S(=O)(=O)N2CCC(NC(=O)c3ccco3)CC2)cc1. The van der Waals surface area contributed by atoms with Crippen molar-refractivity contribution in [2.45, 2.75) is 37.1 Å². The summed E-state index contributed by atoms with van der Waals surface area (Å²) in [6.45, 7) is 2.81. The third kappa shape index (κ3) is 3.93. The number of furan rings is 1. The van der Waals surface area contributed by atoms with Gasteiger partial charge in [-0.15, -0.1) is 0 Å². The fraction of sp³-hybridized carbons (Fsp3) is 0.389. The molecule has 0 radical (unpaired) electrons. The summed E-state index contributed by atoms with van der Waals surface area (Å²) in [4.78, 5) is 12.3. The molecule has 0 spiro atoms. The van der Waals surface area contributed by atoms with Crippen molar-refractivity contribution in [3.8, 4) is 0 Å². The fourth-order valence-corrected chi connectivity index (χ4v) is 4.42. The molecule has 1 aromatic carbocycles. The van der Waals surface area contributed by atoms with E-state index in [2.05, 4.69) is 5.32 Å². The van der Waals surface area contributed by atoms with E-state index in [9.17, 15) is 13.2 Å². The molecule has 134 valence electrons. The summed E-state index contributed by atoms with van der Waals surface area (Å²) < 4.78 is 32.0. The van der Waals surface area contributed by atoms with Gasteiger partial charge in [-0.05, 0) is 49.1 Å². The lowest BCUT2D eigenvalue weighted by atomic mass is 10.1. The number of carbonyl (C=O) groups excluding carboxylic acids is 1. The van der Waals surface area contributed by atoms with Crippen LogP contribution in [0, 0.1) is 0 Å². The molecule has 7 heteroatoms. The molecule has 1 amide bonds. The molecule has 3 rings (SSSR count). The van der Waals surface area contributed by atoms with E-state index < -0.39 is 10.0 Å². The Hall–Kier alpha value is -2.12. The lowest BCUT2D eigenvalue weighted by Gasteiger charge is -2.31. The monoisotopic (exact) mass is 362 g/mol. The van der Waals surface area contributed by atoms with E-state index in [0.29, 0.717) is 30.8 Å². The molecule has 0 aliphatic carbocycles. The summed E-state index contributed by atoms with van der Waals surface area (Å²) in [6.07, 6.45) is 3.49. The number of sulfonamides is 1. The Morgan fingerprint density at radius 3 is 2.44 bits per heavy atom. The van der Waals surface area contributed by atoms with Crippen LogP contribution in [0.25, 0.3) is 0 Å². The van der Waals surface area contributed by atoms with Crippen LogP contribution in [0.4, 0.5) is 0 Å². The minimum absolute atomic E-state index is 0.0495.